The zero-order chi connectivity index (χ0) is 17.6. The summed E-state index contributed by atoms with van der Waals surface area (Å²) in [5, 5.41) is 17.6. The predicted octanol–water partition coefficient (Wildman–Crippen LogP) is 3.30. The fourth-order valence-electron chi connectivity index (χ4n) is 3.19. The Balaban J connectivity index is 1.87. The van der Waals surface area contributed by atoms with Crippen LogP contribution in [0.15, 0.2) is 66.2 Å². The van der Waals surface area contributed by atoms with Gasteiger partial charge in [-0.2, -0.15) is 0 Å². The molecule has 1 fully saturated rings. The van der Waals surface area contributed by atoms with Crippen molar-refractivity contribution in [1.82, 2.24) is 10.3 Å². The summed E-state index contributed by atoms with van der Waals surface area (Å²) >= 11 is 0. The molecule has 0 atom stereocenters. The van der Waals surface area contributed by atoms with Crippen molar-refractivity contribution in [1.29, 1.82) is 5.41 Å². The third-order valence-electron chi connectivity index (χ3n) is 4.36. The molecule has 0 spiro atoms. The maximum absolute atomic E-state index is 10.5. The molecule has 2 N–H and O–H groups in total. The van der Waals surface area contributed by atoms with E-state index < -0.39 is 5.03 Å². The predicted molar refractivity (Wildman–Crippen MR) is 97.6 cm³/mol. The van der Waals surface area contributed by atoms with E-state index in [1.807, 2.05) is 41.8 Å². The average Bonchev–Trinajstić information content (AvgIpc) is 2.64. The Labute approximate surface area is 146 Å². The molecule has 0 unspecified atom stereocenters. The summed E-state index contributed by atoms with van der Waals surface area (Å²) in [5.41, 5.74) is 6.84. The van der Waals surface area contributed by atoms with Gasteiger partial charge in [0.2, 0.25) is 0 Å². The quantitative estimate of drug-likeness (QED) is 0.390. The maximum Gasteiger partial charge on any atom is 0.254 e. The molecular weight excluding hydrogens is 316 g/mol. The van der Waals surface area contributed by atoms with Crippen LogP contribution >= 0.6 is 0 Å². The van der Waals surface area contributed by atoms with Crippen LogP contribution in [0.1, 0.15) is 24.0 Å². The van der Waals surface area contributed by atoms with E-state index in [1.54, 1.807) is 4.90 Å². The van der Waals surface area contributed by atoms with Crippen molar-refractivity contribution in [2.75, 3.05) is 13.1 Å². The lowest BCUT2D eigenvalue weighted by molar-refractivity contribution is -0.526. The molecule has 1 heterocycles. The Morgan fingerprint density at radius 1 is 0.960 bits per heavy atom. The molecule has 0 aliphatic carbocycles. The second-order valence-electron chi connectivity index (χ2n) is 5.92. The number of piperidine rings is 1. The Kier molecular flexibility index (Phi) is 5.09. The molecule has 0 bridgehead atoms. The van der Waals surface area contributed by atoms with Crippen molar-refractivity contribution in [2.24, 2.45) is 0 Å². The van der Waals surface area contributed by atoms with E-state index in [2.05, 4.69) is 24.3 Å². The van der Waals surface area contributed by atoms with Crippen LogP contribution in [0.2, 0.25) is 0 Å². The Hall–Kier alpha value is -3.15. The molecule has 2 aromatic carbocycles. The minimum Gasteiger partial charge on any atom is -0.338 e. The number of hydrogen-bond acceptors (Lipinski definition) is 3. The minimum atomic E-state index is -0.687. The Morgan fingerprint density at radius 2 is 1.44 bits per heavy atom. The van der Waals surface area contributed by atoms with E-state index in [0.717, 1.165) is 12.8 Å². The molecule has 6 nitrogen and oxygen atoms in total. The number of rotatable bonds is 3. The molecular formula is C19H20N4O2. The van der Waals surface area contributed by atoms with Gasteiger partial charge in [0.1, 0.15) is 0 Å². The van der Waals surface area contributed by atoms with Gasteiger partial charge < -0.3 is 4.90 Å². The molecule has 25 heavy (non-hydrogen) atoms. The molecule has 1 saturated heterocycles. The van der Waals surface area contributed by atoms with E-state index in [0.29, 0.717) is 13.1 Å². The molecule has 0 amide bonds. The molecule has 0 aromatic heterocycles. The summed E-state index contributed by atoms with van der Waals surface area (Å²) in [6, 6.07) is 20.6. The minimum absolute atomic E-state index is 0.148. The van der Waals surface area contributed by atoms with Crippen molar-refractivity contribution < 1.29 is 5.03 Å². The number of likely N-dealkylation sites (tertiary alicyclic amines) is 1. The zero-order valence-electron chi connectivity index (χ0n) is 13.8. The molecule has 1 aliphatic heterocycles. The molecule has 0 saturated carbocycles. The van der Waals surface area contributed by atoms with Crippen LogP contribution in [-0.2, 0) is 0 Å². The second kappa shape index (κ2) is 7.61. The Bertz CT molecular complexity index is 736. The number of hydrogen-bond donors (Lipinski definition) is 2. The van der Waals surface area contributed by atoms with E-state index in [-0.39, 0.29) is 5.96 Å². The molecule has 6 heteroatoms. The largest absolute Gasteiger partial charge is 0.338 e. The van der Waals surface area contributed by atoms with Gasteiger partial charge in [-0.25, -0.2) is 10.1 Å². The summed E-state index contributed by atoms with van der Waals surface area (Å²) < 4.78 is 0. The van der Waals surface area contributed by atoms with Crippen molar-refractivity contribution >= 4 is 11.5 Å². The van der Waals surface area contributed by atoms with Crippen LogP contribution in [0.3, 0.4) is 0 Å². The topological polar surface area (TPSA) is 82.3 Å². The first-order valence-corrected chi connectivity index (χ1v) is 8.22. The lowest BCUT2D eigenvalue weighted by Crippen LogP contribution is -2.45. The molecule has 1 aliphatic rings. The van der Waals surface area contributed by atoms with Crippen LogP contribution in [0.5, 0.6) is 0 Å². The lowest BCUT2D eigenvalue weighted by atomic mass is 9.88. The summed E-state index contributed by atoms with van der Waals surface area (Å²) in [6.07, 6.45) is 1.56. The monoisotopic (exact) mass is 336 g/mol. The highest BCUT2D eigenvalue weighted by Gasteiger charge is 2.22. The Morgan fingerprint density at radius 3 is 1.88 bits per heavy atom. The molecule has 128 valence electrons. The number of guanidine groups is 1. The zero-order valence-corrected chi connectivity index (χ0v) is 13.8. The normalized spacial score (nSPS) is 14.1. The molecule has 0 radical (unpaired) electrons. The van der Waals surface area contributed by atoms with Gasteiger partial charge >= 0.3 is 0 Å². The van der Waals surface area contributed by atoms with Gasteiger partial charge in [0.15, 0.2) is 5.03 Å². The molecule has 3 rings (SSSR count). The van der Waals surface area contributed by atoms with E-state index in [1.165, 1.54) is 22.3 Å². The van der Waals surface area contributed by atoms with Gasteiger partial charge in [-0.05, 0) is 29.5 Å². The van der Waals surface area contributed by atoms with Crippen molar-refractivity contribution in [3.63, 3.8) is 0 Å². The number of nitrogens with one attached hydrogen (secondary N) is 2. The maximum atomic E-state index is 10.5. The third kappa shape index (κ3) is 4.03. The standard InChI is InChI=1S/C19H20N4O2/c20-19(21-23(24)25)22-13-11-17(12-14-22)18(15-7-3-1-4-8-15)16-9-5-2-6-10-16/h1-10H,11-14H2,(H2,20,21). The fourth-order valence-corrected chi connectivity index (χ4v) is 3.19. The lowest BCUT2D eigenvalue weighted by Gasteiger charge is -2.30. The van der Waals surface area contributed by atoms with E-state index in [9.17, 15) is 10.1 Å². The van der Waals surface area contributed by atoms with Crippen LogP contribution in [0.4, 0.5) is 0 Å². The van der Waals surface area contributed by atoms with Crippen LogP contribution in [0.25, 0.3) is 5.57 Å². The van der Waals surface area contributed by atoms with Crippen LogP contribution in [0, 0.1) is 15.5 Å². The van der Waals surface area contributed by atoms with Gasteiger partial charge in [0.05, 0.1) is 0 Å². The van der Waals surface area contributed by atoms with Gasteiger partial charge in [0, 0.05) is 13.1 Å². The molecule has 2 aromatic rings. The van der Waals surface area contributed by atoms with Crippen LogP contribution in [-0.4, -0.2) is 29.0 Å². The summed E-state index contributed by atoms with van der Waals surface area (Å²) in [7, 11) is 0. The van der Waals surface area contributed by atoms with Gasteiger partial charge in [-0.1, -0.05) is 71.7 Å². The number of nitro groups is 1. The highest BCUT2D eigenvalue weighted by atomic mass is 16.7. The smallest absolute Gasteiger partial charge is 0.254 e. The summed E-state index contributed by atoms with van der Waals surface area (Å²) in [5.74, 6) is -0.148. The van der Waals surface area contributed by atoms with Crippen LogP contribution < -0.4 is 5.43 Å². The van der Waals surface area contributed by atoms with Crippen molar-refractivity contribution in [3.05, 3.63) is 87.5 Å². The second-order valence-corrected chi connectivity index (χ2v) is 5.92. The number of benzene rings is 2. The highest BCUT2D eigenvalue weighted by molar-refractivity contribution is 5.82. The fraction of sp³-hybridized carbons (Fsp3) is 0.211. The van der Waals surface area contributed by atoms with Crippen molar-refractivity contribution in [2.45, 2.75) is 12.8 Å². The first kappa shape index (κ1) is 16.7. The first-order chi connectivity index (χ1) is 12.1. The SMILES string of the molecule is N=C(N[N+](=O)[O-])N1CCC(=C(c2ccccc2)c2ccccc2)CC1. The highest BCUT2D eigenvalue weighted by Crippen LogP contribution is 2.32. The summed E-state index contributed by atoms with van der Waals surface area (Å²) in [6.45, 7) is 1.19. The van der Waals surface area contributed by atoms with E-state index in [4.69, 9.17) is 5.41 Å². The van der Waals surface area contributed by atoms with Gasteiger partial charge in [-0.3, -0.25) is 5.41 Å². The summed E-state index contributed by atoms with van der Waals surface area (Å²) in [4.78, 5) is 12.2. The number of hydrazine groups is 1. The van der Waals surface area contributed by atoms with Gasteiger partial charge in [0.25, 0.3) is 5.96 Å². The number of nitrogens with zero attached hydrogens (tertiary/aromatic N) is 2. The van der Waals surface area contributed by atoms with Crippen molar-refractivity contribution in [3.8, 4) is 0 Å². The van der Waals surface area contributed by atoms with E-state index >= 15 is 0 Å². The average molecular weight is 336 g/mol. The third-order valence-corrected chi connectivity index (χ3v) is 4.36. The first-order valence-electron chi connectivity index (χ1n) is 8.22. The van der Waals surface area contributed by atoms with Gasteiger partial charge in [-0.15, -0.1) is 0 Å².